The quantitative estimate of drug-likeness (QED) is 0.518. The molecule has 3 heterocycles. The van der Waals surface area contributed by atoms with E-state index in [9.17, 15) is 19.5 Å². The summed E-state index contributed by atoms with van der Waals surface area (Å²) < 4.78 is 13.0. The number of carbonyl (C=O) groups excluding carboxylic acids is 3. The average Bonchev–Trinajstić information content (AvgIpc) is 3.31. The number of aromatic nitrogens is 2. The van der Waals surface area contributed by atoms with Gasteiger partial charge >= 0.3 is 6.09 Å². The number of amides is 3. The van der Waals surface area contributed by atoms with Crippen molar-refractivity contribution in [3.8, 4) is 0 Å². The van der Waals surface area contributed by atoms with Crippen molar-refractivity contribution in [2.75, 3.05) is 52.5 Å². The maximum absolute atomic E-state index is 14.4. The van der Waals surface area contributed by atoms with Crippen LogP contribution in [0.25, 0.3) is 11.0 Å². The lowest BCUT2D eigenvalue weighted by Crippen LogP contribution is -2.58. The number of ether oxygens (including phenoxy) is 2. The number of fused-ring (bicyclic) bond motifs is 1. The Morgan fingerprint density at radius 3 is 2.49 bits per heavy atom. The van der Waals surface area contributed by atoms with Crippen LogP contribution in [0.3, 0.4) is 0 Å². The number of morpholine rings is 1. The van der Waals surface area contributed by atoms with Crippen LogP contribution in [-0.2, 0) is 20.8 Å². The number of para-hydroxylation sites is 2. The van der Waals surface area contributed by atoms with Crippen molar-refractivity contribution in [1.29, 1.82) is 0 Å². The Labute approximate surface area is 242 Å². The Balaban J connectivity index is 1.69. The fourth-order valence-corrected chi connectivity index (χ4v) is 5.61. The molecule has 11 nitrogen and oxygen atoms in total. The van der Waals surface area contributed by atoms with E-state index < -0.39 is 23.7 Å². The molecule has 1 N–H and O–H groups in total. The standard InChI is InChI=1S/C30H45N5O6/c1-21(2)18-35(28(38)26-31-24-9-6-7-10-25(24)34(26)11-8-14-36)23-17-22(27(37)32-12-15-40-16-13-32)19-33(20-23)29(39)41-30(3,4)5/h6-7,9-10,21-23,36H,8,11-20H2,1-5H3/t22-,23+/m1/s1. The molecule has 0 radical (unpaired) electrons. The second-order valence-electron chi connectivity index (χ2n) is 12.4. The second kappa shape index (κ2) is 13.2. The van der Waals surface area contributed by atoms with Gasteiger partial charge in [0.05, 0.1) is 36.2 Å². The lowest BCUT2D eigenvalue weighted by atomic mass is 9.91. The monoisotopic (exact) mass is 571 g/mol. The number of aliphatic hydroxyl groups excluding tert-OH is 1. The van der Waals surface area contributed by atoms with E-state index >= 15 is 0 Å². The third-order valence-electron chi connectivity index (χ3n) is 7.40. The van der Waals surface area contributed by atoms with Gasteiger partial charge in [-0.15, -0.1) is 0 Å². The average molecular weight is 572 g/mol. The molecular weight excluding hydrogens is 526 g/mol. The van der Waals surface area contributed by atoms with E-state index in [0.717, 1.165) is 5.52 Å². The van der Waals surface area contributed by atoms with Crippen LogP contribution in [0.15, 0.2) is 24.3 Å². The van der Waals surface area contributed by atoms with Gasteiger partial charge in [-0.25, -0.2) is 9.78 Å². The zero-order valence-electron chi connectivity index (χ0n) is 25.0. The van der Waals surface area contributed by atoms with E-state index in [-0.39, 0.29) is 37.4 Å². The van der Waals surface area contributed by atoms with Crippen LogP contribution in [0.5, 0.6) is 0 Å². The fourth-order valence-electron chi connectivity index (χ4n) is 5.61. The van der Waals surface area contributed by atoms with Gasteiger partial charge in [-0.05, 0) is 51.7 Å². The SMILES string of the molecule is CC(C)CN(C(=O)c1nc2ccccc2n1CCCO)[C@H]1C[C@@H](C(=O)N2CCOCC2)CN(C(=O)OC(C)(C)C)C1. The largest absolute Gasteiger partial charge is 0.444 e. The Hall–Kier alpha value is -3.18. The smallest absolute Gasteiger partial charge is 0.410 e. The Morgan fingerprint density at radius 1 is 1.12 bits per heavy atom. The maximum Gasteiger partial charge on any atom is 0.410 e. The highest BCUT2D eigenvalue weighted by atomic mass is 16.6. The summed E-state index contributed by atoms with van der Waals surface area (Å²) in [5.74, 6) is -0.319. The van der Waals surface area contributed by atoms with Crippen LogP contribution in [-0.4, -0.2) is 111 Å². The van der Waals surface area contributed by atoms with Crippen molar-refractivity contribution in [3.63, 3.8) is 0 Å². The van der Waals surface area contributed by atoms with Gasteiger partial charge in [-0.3, -0.25) is 9.59 Å². The summed E-state index contributed by atoms with van der Waals surface area (Å²) in [6.45, 7) is 12.9. The highest BCUT2D eigenvalue weighted by molar-refractivity contribution is 5.95. The minimum absolute atomic E-state index is 0.00531. The molecule has 226 valence electrons. The molecule has 2 saturated heterocycles. The number of carbonyl (C=O) groups is 3. The first-order valence-corrected chi connectivity index (χ1v) is 14.7. The minimum Gasteiger partial charge on any atom is -0.444 e. The van der Waals surface area contributed by atoms with E-state index in [0.29, 0.717) is 63.6 Å². The third kappa shape index (κ3) is 7.56. The zero-order valence-corrected chi connectivity index (χ0v) is 25.0. The van der Waals surface area contributed by atoms with Crippen LogP contribution in [0.2, 0.25) is 0 Å². The molecule has 2 aliphatic heterocycles. The van der Waals surface area contributed by atoms with Gasteiger partial charge in [0, 0.05) is 45.9 Å². The van der Waals surface area contributed by atoms with Crippen molar-refractivity contribution in [1.82, 2.24) is 24.3 Å². The van der Waals surface area contributed by atoms with Crippen LogP contribution in [0, 0.1) is 11.8 Å². The lowest BCUT2D eigenvalue weighted by molar-refractivity contribution is -0.142. The number of imidazole rings is 1. The highest BCUT2D eigenvalue weighted by Gasteiger charge is 2.41. The Morgan fingerprint density at radius 2 is 1.83 bits per heavy atom. The molecule has 0 saturated carbocycles. The summed E-state index contributed by atoms with van der Waals surface area (Å²) in [6.07, 6.45) is 0.427. The van der Waals surface area contributed by atoms with Crippen LogP contribution in [0.1, 0.15) is 58.1 Å². The van der Waals surface area contributed by atoms with E-state index in [2.05, 4.69) is 0 Å². The van der Waals surface area contributed by atoms with Crippen LogP contribution >= 0.6 is 0 Å². The topological polar surface area (TPSA) is 117 Å². The molecule has 1 aromatic carbocycles. The molecule has 2 aromatic rings. The zero-order chi connectivity index (χ0) is 29.7. The number of aliphatic hydroxyl groups is 1. The highest BCUT2D eigenvalue weighted by Crippen LogP contribution is 2.28. The molecule has 11 heteroatoms. The molecule has 41 heavy (non-hydrogen) atoms. The van der Waals surface area contributed by atoms with Crippen LogP contribution < -0.4 is 0 Å². The van der Waals surface area contributed by atoms with Crippen molar-refractivity contribution >= 4 is 28.9 Å². The van der Waals surface area contributed by atoms with Gasteiger partial charge in [0.1, 0.15) is 5.60 Å². The number of aryl methyl sites for hydroxylation is 1. The summed E-state index contributed by atoms with van der Waals surface area (Å²) in [6, 6.07) is 7.17. The second-order valence-corrected chi connectivity index (χ2v) is 12.4. The first-order chi connectivity index (χ1) is 19.5. The Bertz CT molecular complexity index is 1220. The van der Waals surface area contributed by atoms with Gasteiger partial charge in [-0.1, -0.05) is 26.0 Å². The predicted octanol–water partition coefficient (Wildman–Crippen LogP) is 3.00. The molecule has 0 aliphatic carbocycles. The summed E-state index contributed by atoms with van der Waals surface area (Å²) in [5, 5.41) is 9.53. The molecule has 4 rings (SSSR count). The first kappa shape index (κ1) is 30.8. The summed E-state index contributed by atoms with van der Waals surface area (Å²) in [4.78, 5) is 51.2. The predicted molar refractivity (Wildman–Crippen MR) is 154 cm³/mol. The number of hydrogen-bond acceptors (Lipinski definition) is 7. The summed E-state index contributed by atoms with van der Waals surface area (Å²) in [5.41, 5.74) is 0.838. The molecule has 0 unspecified atom stereocenters. The summed E-state index contributed by atoms with van der Waals surface area (Å²) >= 11 is 0. The van der Waals surface area contributed by atoms with Gasteiger partial charge in [0.25, 0.3) is 5.91 Å². The molecule has 0 bridgehead atoms. The lowest BCUT2D eigenvalue weighted by Gasteiger charge is -2.44. The number of nitrogens with zero attached hydrogens (tertiary/aromatic N) is 5. The van der Waals surface area contributed by atoms with Gasteiger partial charge in [0.15, 0.2) is 5.82 Å². The number of rotatable bonds is 8. The van der Waals surface area contributed by atoms with Crippen molar-refractivity contribution in [2.45, 2.75) is 65.6 Å². The molecule has 3 amide bonds. The van der Waals surface area contributed by atoms with Gasteiger partial charge < -0.3 is 33.8 Å². The molecule has 1 aromatic heterocycles. The number of hydrogen-bond donors (Lipinski definition) is 1. The van der Waals surface area contributed by atoms with Gasteiger partial charge in [-0.2, -0.15) is 0 Å². The molecule has 0 spiro atoms. The first-order valence-electron chi connectivity index (χ1n) is 14.7. The van der Waals surface area contributed by atoms with Crippen molar-refractivity contribution in [2.24, 2.45) is 11.8 Å². The number of benzene rings is 1. The Kier molecular flexibility index (Phi) is 9.91. The minimum atomic E-state index is -0.696. The number of piperidine rings is 1. The van der Waals surface area contributed by atoms with E-state index in [4.69, 9.17) is 14.5 Å². The fraction of sp³-hybridized carbons (Fsp3) is 0.667. The van der Waals surface area contributed by atoms with Crippen molar-refractivity contribution in [3.05, 3.63) is 30.1 Å². The van der Waals surface area contributed by atoms with Crippen LogP contribution in [0.4, 0.5) is 4.79 Å². The summed E-state index contributed by atoms with van der Waals surface area (Å²) in [7, 11) is 0. The molecule has 2 fully saturated rings. The van der Waals surface area contributed by atoms with E-state index in [1.54, 1.807) is 14.7 Å². The molecule has 2 atom stereocenters. The van der Waals surface area contributed by atoms with E-state index in [1.165, 1.54) is 0 Å². The normalized spacial score (nSPS) is 20.0. The van der Waals surface area contributed by atoms with Gasteiger partial charge in [0.2, 0.25) is 5.91 Å². The van der Waals surface area contributed by atoms with Crippen molar-refractivity contribution < 1.29 is 29.0 Å². The molecule has 2 aliphatic rings. The van der Waals surface area contributed by atoms with E-state index in [1.807, 2.05) is 63.5 Å². The molecular formula is C30H45N5O6. The third-order valence-corrected chi connectivity index (χ3v) is 7.40. The number of likely N-dealkylation sites (tertiary alicyclic amines) is 1. The maximum atomic E-state index is 14.4.